The van der Waals surface area contributed by atoms with E-state index < -0.39 is 16.9 Å². The molecule has 0 fully saturated rings. The summed E-state index contributed by atoms with van der Waals surface area (Å²) in [5, 5.41) is 2.78. The highest BCUT2D eigenvalue weighted by Gasteiger charge is 2.12. The molecule has 25 heavy (non-hydrogen) atoms. The van der Waals surface area contributed by atoms with Gasteiger partial charge in [-0.3, -0.25) is 19.0 Å². The van der Waals surface area contributed by atoms with Gasteiger partial charge in [0.05, 0.1) is 11.0 Å². The molecule has 132 valence electrons. The van der Waals surface area contributed by atoms with Gasteiger partial charge in [-0.1, -0.05) is 11.6 Å². The van der Waals surface area contributed by atoms with Crippen molar-refractivity contribution >= 4 is 16.9 Å². The van der Waals surface area contributed by atoms with Crippen LogP contribution in [0, 0.1) is 5.82 Å². The standard InChI is InChI=1S/C18H20FN3O3/c19-13-6-7-15-14(10-13)21-17(24)18(25)22(15)11-16(23)20-9-8-12-4-2-1-3-5-12/h4,6-7,10H,1-3,5,8-9,11H2,(H,20,23)(H,21,24). The van der Waals surface area contributed by atoms with Gasteiger partial charge in [0.1, 0.15) is 12.4 Å². The average Bonchev–Trinajstić information content (AvgIpc) is 2.60. The molecule has 0 spiro atoms. The summed E-state index contributed by atoms with van der Waals surface area (Å²) in [5.74, 6) is -0.881. The summed E-state index contributed by atoms with van der Waals surface area (Å²) in [4.78, 5) is 38.3. The van der Waals surface area contributed by atoms with Crippen molar-refractivity contribution in [3.8, 4) is 0 Å². The minimum Gasteiger partial charge on any atom is -0.354 e. The van der Waals surface area contributed by atoms with E-state index in [0.717, 1.165) is 29.9 Å². The van der Waals surface area contributed by atoms with Gasteiger partial charge in [0.15, 0.2) is 0 Å². The summed E-state index contributed by atoms with van der Waals surface area (Å²) >= 11 is 0. The normalized spacial score (nSPS) is 14.4. The molecule has 0 saturated carbocycles. The molecule has 1 aliphatic carbocycles. The molecule has 2 N–H and O–H groups in total. The second-order valence-corrected chi connectivity index (χ2v) is 6.22. The van der Waals surface area contributed by atoms with E-state index in [4.69, 9.17) is 0 Å². The zero-order valence-corrected chi connectivity index (χ0v) is 13.8. The largest absolute Gasteiger partial charge is 0.354 e. The van der Waals surface area contributed by atoms with Gasteiger partial charge < -0.3 is 10.3 Å². The summed E-state index contributed by atoms with van der Waals surface area (Å²) in [7, 11) is 0. The second kappa shape index (κ2) is 7.46. The summed E-state index contributed by atoms with van der Waals surface area (Å²) in [5.41, 5.74) is 0.143. The molecule has 0 aliphatic heterocycles. The van der Waals surface area contributed by atoms with Crippen LogP contribution in [0.25, 0.3) is 11.0 Å². The third-order valence-electron chi connectivity index (χ3n) is 4.39. The van der Waals surface area contributed by atoms with Gasteiger partial charge in [0.2, 0.25) is 5.91 Å². The number of nitrogens with one attached hydrogen (secondary N) is 2. The van der Waals surface area contributed by atoms with Crippen LogP contribution in [0.2, 0.25) is 0 Å². The molecule has 0 saturated heterocycles. The maximum absolute atomic E-state index is 13.3. The van der Waals surface area contributed by atoms with Crippen molar-refractivity contribution in [2.45, 2.75) is 38.6 Å². The number of aromatic amines is 1. The van der Waals surface area contributed by atoms with E-state index in [9.17, 15) is 18.8 Å². The summed E-state index contributed by atoms with van der Waals surface area (Å²) in [6, 6.07) is 3.69. The van der Waals surface area contributed by atoms with Crippen molar-refractivity contribution in [1.82, 2.24) is 14.9 Å². The Balaban J connectivity index is 1.72. The molecule has 0 unspecified atom stereocenters. The Morgan fingerprint density at radius 1 is 1.28 bits per heavy atom. The van der Waals surface area contributed by atoms with Gasteiger partial charge in [-0.2, -0.15) is 0 Å². The van der Waals surface area contributed by atoms with Gasteiger partial charge in [-0.05, 0) is 50.3 Å². The number of hydrogen-bond donors (Lipinski definition) is 2. The Morgan fingerprint density at radius 3 is 2.88 bits per heavy atom. The number of benzene rings is 1. The summed E-state index contributed by atoms with van der Waals surface area (Å²) in [6.07, 6.45) is 7.58. The third-order valence-corrected chi connectivity index (χ3v) is 4.39. The Hall–Kier alpha value is -2.70. The Bertz CT molecular complexity index is 943. The molecule has 1 aromatic heterocycles. The number of rotatable bonds is 5. The lowest BCUT2D eigenvalue weighted by Crippen LogP contribution is -2.40. The minimum absolute atomic E-state index is 0.185. The number of carbonyl (C=O) groups is 1. The van der Waals surface area contributed by atoms with Gasteiger partial charge in [-0.25, -0.2) is 4.39 Å². The zero-order chi connectivity index (χ0) is 17.8. The van der Waals surface area contributed by atoms with E-state index in [1.54, 1.807) is 0 Å². The van der Waals surface area contributed by atoms with E-state index in [0.29, 0.717) is 12.1 Å². The van der Waals surface area contributed by atoms with Crippen molar-refractivity contribution in [2.75, 3.05) is 6.54 Å². The molecule has 2 aromatic rings. The maximum Gasteiger partial charge on any atom is 0.317 e. The number of hydrogen-bond acceptors (Lipinski definition) is 3. The lowest BCUT2D eigenvalue weighted by Gasteiger charge is -2.13. The number of amides is 1. The predicted molar refractivity (Wildman–Crippen MR) is 93.0 cm³/mol. The minimum atomic E-state index is -0.877. The zero-order valence-electron chi connectivity index (χ0n) is 13.8. The molecular weight excluding hydrogens is 325 g/mol. The van der Waals surface area contributed by atoms with E-state index in [1.807, 2.05) is 0 Å². The van der Waals surface area contributed by atoms with Gasteiger partial charge in [0, 0.05) is 6.54 Å². The lowest BCUT2D eigenvalue weighted by molar-refractivity contribution is -0.121. The van der Waals surface area contributed by atoms with Crippen molar-refractivity contribution in [3.05, 3.63) is 56.4 Å². The predicted octanol–water partition coefficient (Wildman–Crippen LogP) is 1.84. The van der Waals surface area contributed by atoms with Crippen molar-refractivity contribution in [2.24, 2.45) is 0 Å². The summed E-state index contributed by atoms with van der Waals surface area (Å²) in [6.45, 7) is 0.221. The fraction of sp³-hybridized carbons (Fsp3) is 0.389. The van der Waals surface area contributed by atoms with Crippen LogP contribution in [0.4, 0.5) is 4.39 Å². The number of nitrogens with zero attached hydrogens (tertiary/aromatic N) is 1. The van der Waals surface area contributed by atoms with E-state index in [-0.39, 0.29) is 18.0 Å². The number of allylic oxidation sites excluding steroid dienone is 1. The highest BCUT2D eigenvalue weighted by molar-refractivity contribution is 5.80. The number of carbonyl (C=O) groups excluding carboxylic acids is 1. The first kappa shape index (κ1) is 17.1. The number of halogens is 1. The molecule has 0 atom stereocenters. The molecule has 0 bridgehead atoms. The molecule has 1 aliphatic rings. The fourth-order valence-corrected chi connectivity index (χ4v) is 3.10. The van der Waals surface area contributed by atoms with E-state index in [1.165, 1.54) is 30.5 Å². The highest BCUT2D eigenvalue weighted by Crippen LogP contribution is 2.19. The van der Waals surface area contributed by atoms with Crippen LogP contribution < -0.4 is 16.4 Å². The van der Waals surface area contributed by atoms with Gasteiger partial charge >= 0.3 is 11.1 Å². The van der Waals surface area contributed by atoms with Crippen molar-refractivity contribution < 1.29 is 9.18 Å². The molecule has 7 heteroatoms. The average molecular weight is 345 g/mol. The lowest BCUT2D eigenvalue weighted by atomic mass is 9.97. The SMILES string of the molecule is O=C(Cn1c(=O)c(=O)[nH]c2cc(F)ccc21)NCCC1=CCCCC1. The first-order valence-corrected chi connectivity index (χ1v) is 8.41. The van der Waals surface area contributed by atoms with E-state index >= 15 is 0 Å². The van der Waals surface area contributed by atoms with Crippen LogP contribution in [0.5, 0.6) is 0 Å². The quantitative estimate of drug-likeness (QED) is 0.641. The van der Waals surface area contributed by atoms with Crippen molar-refractivity contribution in [1.29, 1.82) is 0 Å². The van der Waals surface area contributed by atoms with Crippen LogP contribution in [0.15, 0.2) is 39.4 Å². The summed E-state index contributed by atoms with van der Waals surface area (Å²) < 4.78 is 14.4. The van der Waals surface area contributed by atoms with Crippen LogP contribution in [0.3, 0.4) is 0 Å². The monoisotopic (exact) mass is 345 g/mol. The molecule has 3 rings (SSSR count). The molecule has 6 nitrogen and oxygen atoms in total. The third kappa shape index (κ3) is 4.04. The Morgan fingerprint density at radius 2 is 2.12 bits per heavy atom. The number of fused-ring (bicyclic) bond motifs is 1. The fourth-order valence-electron chi connectivity index (χ4n) is 3.10. The first-order valence-electron chi connectivity index (χ1n) is 8.41. The molecule has 1 amide bonds. The first-order chi connectivity index (χ1) is 12.0. The Labute approximate surface area is 143 Å². The topological polar surface area (TPSA) is 84.0 Å². The van der Waals surface area contributed by atoms with Gasteiger partial charge in [-0.15, -0.1) is 0 Å². The number of aromatic nitrogens is 2. The molecule has 0 radical (unpaired) electrons. The Kier molecular flexibility index (Phi) is 5.11. The molecule has 1 aromatic carbocycles. The van der Waals surface area contributed by atoms with E-state index in [2.05, 4.69) is 16.4 Å². The van der Waals surface area contributed by atoms with Gasteiger partial charge in [0.25, 0.3) is 0 Å². The smallest absolute Gasteiger partial charge is 0.317 e. The van der Waals surface area contributed by atoms with Crippen LogP contribution in [0.1, 0.15) is 32.1 Å². The number of H-pyrrole nitrogens is 1. The van der Waals surface area contributed by atoms with Crippen LogP contribution in [-0.2, 0) is 11.3 Å². The second-order valence-electron chi connectivity index (χ2n) is 6.22. The maximum atomic E-state index is 13.3. The van der Waals surface area contributed by atoms with Crippen LogP contribution >= 0.6 is 0 Å². The van der Waals surface area contributed by atoms with Crippen LogP contribution in [-0.4, -0.2) is 22.0 Å². The molecule has 1 heterocycles. The highest BCUT2D eigenvalue weighted by atomic mass is 19.1. The molecular formula is C18H20FN3O3. The van der Waals surface area contributed by atoms with Crippen molar-refractivity contribution in [3.63, 3.8) is 0 Å².